The molecule has 0 aliphatic carbocycles. The molecule has 112 valence electrons. The van der Waals surface area contributed by atoms with Crippen LogP contribution in [-0.2, 0) is 11.3 Å². The summed E-state index contributed by atoms with van der Waals surface area (Å²) in [4.78, 5) is 16.2. The Morgan fingerprint density at radius 2 is 1.95 bits per heavy atom. The summed E-state index contributed by atoms with van der Waals surface area (Å²) in [6.45, 7) is 3.65. The second-order valence-electron chi connectivity index (χ2n) is 4.19. The fourth-order valence-corrected chi connectivity index (χ4v) is 1.92. The number of nitrogens with zero attached hydrogens (tertiary/aromatic N) is 2. The molecule has 1 amide bonds. The third kappa shape index (κ3) is 4.37. The Hall–Kier alpha value is -1.30. The third-order valence-electron chi connectivity index (χ3n) is 2.84. The molecule has 0 unspecified atom stereocenters. The second-order valence-corrected chi connectivity index (χ2v) is 4.19. The average molecular weight is 319 g/mol. The van der Waals surface area contributed by atoms with E-state index in [0.717, 1.165) is 23.4 Å². The molecule has 0 aliphatic rings. The van der Waals surface area contributed by atoms with Crippen molar-refractivity contribution in [3.05, 3.63) is 30.1 Å². The smallest absolute Gasteiger partial charge is 0.240 e. The number of carbonyl (C=O) groups excluding carboxylic acids is 1. The normalized spacial score (nSPS) is 9.70. The Balaban J connectivity index is 0.00000180. The molecule has 2 aromatic rings. The SMILES string of the molecule is CNCCNC(=O)Cn1c(C)nc2ccccc21.Cl.Cl. The zero-order valence-corrected chi connectivity index (χ0v) is 13.2. The number of likely N-dealkylation sites (N-methyl/N-ethyl adjacent to an activating group) is 1. The molecule has 0 aliphatic heterocycles. The number of nitrogens with one attached hydrogen (secondary N) is 2. The fourth-order valence-electron chi connectivity index (χ4n) is 1.92. The van der Waals surface area contributed by atoms with Crippen molar-refractivity contribution < 1.29 is 4.79 Å². The van der Waals surface area contributed by atoms with E-state index in [9.17, 15) is 4.79 Å². The van der Waals surface area contributed by atoms with Crippen LogP contribution in [0.2, 0.25) is 0 Å². The van der Waals surface area contributed by atoms with Crippen molar-refractivity contribution in [3.63, 3.8) is 0 Å². The van der Waals surface area contributed by atoms with Gasteiger partial charge in [0.15, 0.2) is 0 Å². The van der Waals surface area contributed by atoms with Crippen LogP contribution in [-0.4, -0.2) is 35.6 Å². The van der Waals surface area contributed by atoms with E-state index in [-0.39, 0.29) is 30.7 Å². The Morgan fingerprint density at radius 3 is 2.65 bits per heavy atom. The highest BCUT2D eigenvalue weighted by Crippen LogP contribution is 2.14. The number of halogens is 2. The van der Waals surface area contributed by atoms with Crippen LogP contribution >= 0.6 is 24.8 Å². The summed E-state index contributed by atoms with van der Waals surface area (Å²) in [5, 5.41) is 5.85. The van der Waals surface area contributed by atoms with E-state index in [2.05, 4.69) is 15.6 Å². The molecule has 0 fully saturated rings. The molecule has 5 nitrogen and oxygen atoms in total. The molecule has 0 atom stereocenters. The third-order valence-corrected chi connectivity index (χ3v) is 2.84. The average Bonchev–Trinajstić information content (AvgIpc) is 2.67. The lowest BCUT2D eigenvalue weighted by Gasteiger charge is -2.08. The predicted octanol–water partition coefficient (Wildman–Crippen LogP) is 1.52. The van der Waals surface area contributed by atoms with Crippen LogP contribution in [0.1, 0.15) is 5.82 Å². The van der Waals surface area contributed by atoms with E-state index in [0.29, 0.717) is 13.1 Å². The highest BCUT2D eigenvalue weighted by molar-refractivity contribution is 5.85. The number of fused-ring (bicyclic) bond motifs is 1. The van der Waals surface area contributed by atoms with Gasteiger partial charge in [-0.15, -0.1) is 24.8 Å². The van der Waals surface area contributed by atoms with Gasteiger partial charge < -0.3 is 15.2 Å². The quantitative estimate of drug-likeness (QED) is 0.822. The topological polar surface area (TPSA) is 58.9 Å². The molecule has 0 radical (unpaired) electrons. The maximum absolute atomic E-state index is 11.8. The Morgan fingerprint density at radius 1 is 1.25 bits per heavy atom. The van der Waals surface area contributed by atoms with Crippen molar-refractivity contribution in [2.24, 2.45) is 0 Å². The lowest BCUT2D eigenvalue weighted by atomic mass is 10.3. The summed E-state index contributed by atoms with van der Waals surface area (Å²) in [7, 11) is 1.86. The highest BCUT2D eigenvalue weighted by atomic mass is 35.5. The summed E-state index contributed by atoms with van der Waals surface area (Å²) < 4.78 is 1.93. The Labute approximate surface area is 131 Å². The molecule has 2 N–H and O–H groups in total. The number of aryl methyl sites for hydroxylation is 1. The summed E-state index contributed by atoms with van der Waals surface area (Å²) in [5.74, 6) is 0.872. The van der Waals surface area contributed by atoms with Crippen LogP contribution in [0, 0.1) is 6.92 Å². The lowest BCUT2D eigenvalue weighted by Crippen LogP contribution is -2.33. The maximum atomic E-state index is 11.8. The molecule has 1 aromatic carbocycles. The number of hydrogen-bond donors (Lipinski definition) is 2. The van der Waals surface area contributed by atoms with Crippen LogP contribution in [0.4, 0.5) is 0 Å². The van der Waals surface area contributed by atoms with Crippen molar-refractivity contribution >= 4 is 41.8 Å². The predicted molar refractivity (Wildman–Crippen MR) is 85.9 cm³/mol. The van der Waals surface area contributed by atoms with Gasteiger partial charge in [-0.3, -0.25) is 4.79 Å². The van der Waals surface area contributed by atoms with Gasteiger partial charge in [-0.25, -0.2) is 4.98 Å². The first kappa shape index (κ1) is 18.7. The number of para-hydroxylation sites is 2. The van der Waals surface area contributed by atoms with Crippen molar-refractivity contribution in [2.45, 2.75) is 13.5 Å². The molecule has 0 bridgehead atoms. The van der Waals surface area contributed by atoms with Crippen LogP contribution < -0.4 is 10.6 Å². The van der Waals surface area contributed by atoms with Gasteiger partial charge in [0, 0.05) is 13.1 Å². The van der Waals surface area contributed by atoms with Crippen molar-refractivity contribution in [3.8, 4) is 0 Å². The van der Waals surface area contributed by atoms with E-state index in [1.807, 2.05) is 42.8 Å². The molecule has 0 saturated heterocycles. The lowest BCUT2D eigenvalue weighted by molar-refractivity contribution is -0.121. The van der Waals surface area contributed by atoms with Gasteiger partial charge in [0.05, 0.1) is 11.0 Å². The minimum absolute atomic E-state index is 0. The molecule has 20 heavy (non-hydrogen) atoms. The first-order valence-corrected chi connectivity index (χ1v) is 6.05. The maximum Gasteiger partial charge on any atom is 0.240 e. The largest absolute Gasteiger partial charge is 0.353 e. The van der Waals surface area contributed by atoms with Gasteiger partial charge in [0.25, 0.3) is 0 Å². The Kier molecular flexibility index (Phi) is 8.22. The Bertz CT molecular complexity index is 556. The number of amides is 1. The van der Waals surface area contributed by atoms with E-state index < -0.39 is 0 Å². The summed E-state index contributed by atoms with van der Waals surface area (Å²) in [6.07, 6.45) is 0. The number of benzene rings is 1. The van der Waals surface area contributed by atoms with Gasteiger partial charge in [0.1, 0.15) is 12.4 Å². The first-order valence-electron chi connectivity index (χ1n) is 6.05. The van der Waals surface area contributed by atoms with Crippen LogP contribution in [0.5, 0.6) is 0 Å². The van der Waals surface area contributed by atoms with Crippen LogP contribution in [0.15, 0.2) is 24.3 Å². The second kappa shape index (κ2) is 8.79. The fraction of sp³-hybridized carbons (Fsp3) is 0.385. The zero-order valence-electron chi connectivity index (χ0n) is 11.5. The van der Waals surface area contributed by atoms with Crippen LogP contribution in [0.3, 0.4) is 0 Å². The van der Waals surface area contributed by atoms with Gasteiger partial charge >= 0.3 is 0 Å². The minimum atomic E-state index is 0. The number of rotatable bonds is 5. The molecule has 7 heteroatoms. The summed E-state index contributed by atoms with van der Waals surface area (Å²) in [5.41, 5.74) is 1.93. The first-order chi connectivity index (χ1) is 8.72. The van der Waals surface area contributed by atoms with Crippen molar-refractivity contribution in [1.82, 2.24) is 20.2 Å². The molecule has 0 saturated carbocycles. The number of imidazole rings is 1. The monoisotopic (exact) mass is 318 g/mol. The minimum Gasteiger partial charge on any atom is -0.353 e. The molecular formula is C13H20Cl2N4O. The molecule has 0 spiro atoms. The zero-order chi connectivity index (χ0) is 13.0. The van der Waals surface area contributed by atoms with E-state index >= 15 is 0 Å². The molecule has 1 aromatic heterocycles. The van der Waals surface area contributed by atoms with E-state index in [1.54, 1.807) is 0 Å². The van der Waals surface area contributed by atoms with Gasteiger partial charge in [-0.05, 0) is 26.1 Å². The molecule has 2 rings (SSSR count). The van der Waals surface area contributed by atoms with Crippen LogP contribution in [0.25, 0.3) is 11.0 Å². The number of hydrogen-bond acceptors (Lipinski definition) is 3. The van der Waals surface area contributed by atoms with Gasteiger partial charge in [-0.1, -0.05) is 12.1 Å². The standard InChI is InChI=1S/C13H18N4O.2ClH/c1-10-16-11-5-3-4-6-12(11)17(10)9-13(18)15-8-7-14-2;;/h3-6,14H,7-9H2,1-2H3,(H,15,18);2*1H. The van der Waals surface area contributed by atoms with E-state index in [1.165, 1.54) is 0 Å². The number of carbonyl (C=O) groups is 1. The summed E-state index contributed by atoms with van der Waals surface area (Å²) in [6, 6.07) is 7.85. The van der Waals surface area contributed by atoms with Crippen molar-refractivity contribution in [2.75, 3.05) is 20.1 Å². The summed E-state index contributed by atoms with van der Waals surface area (Å²) >= 11 is 0. The van der Waals surface area contributed by atoms with Gasteiger partial charge in [-0.2, -0.15) is 0 Å². The van der Waals surface area contributed by atoms with Gasteiger partial charge in [0.2, 0.25) is 5.91 Å². The highest BCUT2D eigenvalue weighted by Gasteiger charge is 2.09. The van der Waals surface area contributed by atoms with Crippen molar-refractivity contribution in [1.29, 1.82) is 0 Å². The molecular weight excluding hydrogens is 299 g/mol. The number of aromatic nitrogens is 2. The van der Waals surface area contributed by atoms with E-state index in [4.69, 9.17) is 0 Å². The molecule has 1 heterocycles.